The van der Waals surface area contributed by atoms with E-state index in [9.17, 15) is 12.8 Å². The zero-order valence-electron chi connectivity index (χ0n) is 15.6. The molecule has 1 aromatic carbocycles. The molecule has 7 nitrogen and oxygen atoms in total. The van der Waals surface area contributed by atoms with Gasteiger partial charge in [-0.15, -0.1) is 10.2 Å². The van der Waals surface area contributed by atoms with Gasteiger partial charge in [-0.25, -0.2) is 12.8 Å². The van der Waals surface area contributed by atoms with Crippen LogP contribution in [0.2, 0.25) is 0 Å². The standard InChI is InChI=1S/C18H24FN5O2S/c1-13-12-14(19)5-6-16(13)27(25,26)23-9-7-17-20-21-18(24(17)11-10-23)15-4-3-8-22(15)2/h5-6,12,15H,3-4,7-11H2,1-2H3/t15-/m0/s1. The van der Waals surface area contributed by atoms with Gasteiger partial charge in [0.05, 0.1) is 10.9 Å². The summed E-state index contributed by atoms with van der Waals surface area (Å²) in [5.74, 6) is 1.33. The maximum absolute atomic E-state index is 13.4. The summed E-state index contributed by atoms with van der Waals surface area (Å²) in [6, 6.07) is 4.05. The van der Waals surface area contributed by atoms with Crippen molar-refractivity contribution in [3.05, 3.63) is 41.2 Å². The van der Waals surface area contributed by atoms with Gasteiger partial charge in [0.15, 0.2) is 0 Å². The minimum Gasteiger partial charge on any atom is -0.312 e. The summed E-state index contributed by atoms with van der Waals surface area (Å²) in [6.45, 7) is 3.89. The first-order valence-electron chi connectivity index (χ1n) is 9.26. The van der Waals surface area contributed by atoms with Crippen LogP contribution >= 0.6 is 0 Å². The van der Waals surface area contributed by atoms with E-state index in [4.69, 9.17) is 0 Å². The van der Waals surface area contributed by atoms with Crippen molar-refractivity contribution in [3.8, 4) is 0 Å². The van der Waals surface area contributed by atoms with Crippen LogP contribution in [0, 0.1) is 12.7 Å². The Morgan fingerprint density at radius 2 is 1.96 bits per heavy atom. The van der Waals surface area contributed by atoms with Crippen LogP contribution < -0.4 is 0 Å². The Labute approximate surface area is 158 Å². The summed E-state index contributed by atoms with van der Waals surface area (Å²) in [7, 11) is -1.59. The molecule has 2 aliphatic rings. The highest BCUT2D eigenvalue weighted by Crippen LogP contribution is 2.30. The zero-order chi connectivity index (χ0) is 19.2. The number of rotatable bonds is 3. The second kappa shape index (κ2) is 6.96. The quantitative estimate of drug-likeness (QED) is 0.794. The monoisotopic (exact) mass is 393 g/mol. The number of hydrogen-bond acceptors (Lipinski definition) is 5. The number of aromatic nitrogens is 3. The summed E-state index contributed by atoms with van der Waals surface area (Å²) in [5.41, 5.74) is 0.423. The van der Waals surface area contributed by atoms with E-state index in [1.54, 1.807) is 6.92 Å². The highest BCUT2D eigenvalue weighted by molar-refractivity contribution is 7.89. The third-order valence-corrected chi connectivity index (χ3v) is 7.65. The summed E-state index contributed by atoms with van der Waals surface area (Å²) < 4.78 is 43.1. The van der Waals surface area contributed by atoms with Crippen molar-refractivity contribution in [1.29, 1.82) is 0 Å². The highest BCUT2D eigenvalue weighted by atomic mass is 32.2. The molecule has 0 amide bonds. The summed E-state index contributed by atoms with van der Waals surface area (Å²) in [5, 5.41) is 8.73. The van der Waals surface area contributed by atoms with E-state index < -0.39 is 15.8 Å². The smallest absolute Gasteiger partial charge is 0.243 e. The molecule has 3 heterocycles. The number of sulfonamides is 1. The molecule has 2 aromatic rings. The summed E-state index contributed by atoms with van der Waals surface area (Å²) >= 11 is 0. The van der Waals surface area contributed by atoms with Crippen LogP contribution in [0.15, 0.2) is 23.1 Å². The van der Waals surface area contributed by atoms with Gasteiger partial charge in [0.25, 0.3) is 0 Å². The Morgan fingerprint density at radius 3 is 2.67 bits per heavy atom. The lowest BCUT2D eigenvalue weighted by Crippen LogP contribution is -2.34. The van der Waals surface area contributed by atoms with E-state index in [1.807, 2.05) is 0 Å². The number of likely N-dealkylation sites (tertiary alicyclic amines) is 1. The Balaban J connectivity index is 1.59. The molecule has 0 N–H and O–H groups in total. The van der Waals surface area contributed by atoms with Gasteiger partial charge >= 0.3 is 0 Å². The maximum atomic E-state index is 13.4. The molecular weight excluding hydrogens is 369 g/mol. The Bertz CT molecular complexity index is 959. The SMILES string of the molecule is Cc1cc(F)ccc1S(=O)(=O)N1CCc2nnc([C@@H]3CCCN3C)n2CC1. The van der Waals surface area contributed by atoms with E-state index in [0.29, 0.717) is 31.6 Å². The van der Waals surface area contributed by atoms with E-state index >= 15 is 0 Å². The fourth-order valence-electron chi connectivity index (χ4n) is 4.09. The number of hydrogen-bond donors (Lipinski definition) is 0. The predicted octanol–water partition coefficient (Wildman–Crippen LogP) is 1.74. The van der Waals surface area contributed by atoms with Gasteiger partial charge in [-0.05, 0) is 57.1 Å². The molecule has 0 spiro atoms. The van der Waals surface area contributed by atoms with E-state index in [0.717, 1.165) is 31.0 Å². The molecule has 0 unspecified atom stereocenters. The number of benzene rings is 1. The number of halogens is 1. The van der Waals surface area contributed by atoms with Crippen molar-refractivity contribution in [1.82, 2.24) is 24.0 Å². The number of nitrogens with zero attached hydrogens (tertiary/aromatic N) is 5. The average molecular weight is 393 g/mol. The molecule has 1 saturated heterocycles. The Morgan fingerprint density at radius 1 is 1.15 bits per heavy atom. The molecule has 4 rings (SSSR count). The van der Waals surface area contributed by atoms with Crippen LogP contribution in [0.25, 0.3) is 0 Å². The van der Waals surface area contributed by atoms with Crippen molar-refractivity contribution in [2.45, 2.75) is 43.7 Å². The van der Waals surface area contributed by atoms with Crippen LogP contribution in [0.1, 0.15) is 36.1 Å². The first kappa shape index (κ1) is 18.5. The molecule has 27 heavy (non-hydrogen) atoms. The number of aryl methyl sites for hydroxylation is 1. The van der Waals surface area contributed by atoms with Gasteiger partial charge in [0, 0.05) is 26.1 Å². The van der Waals surface area contributed by atoms with Gasteiger partial charge in [0.1, 0.15) is 17.5 Å². The van der Waals surface area contributed by atoms with Gasteiger partial charge in [0.2, 0.25) is 10.0 Å². The lowest BCUT2D eigenvalue weighted by molar-refractivity contribution is 0.295. The second-order valence-corrected chi connectivity index (χ2v) is 9.23. The maximum Gasteiger partial charge on any atom is 0.243 e. The van der Waals surface area contributed by atoms with Crippen molar-refractivity contribution >= 4 is 10.0 Å². The van der Waals surface area contributed by atoms with Gasteiger partial charge in [-0.3, -0.25) is 4.90 Å². The van der Waals surface area contributed by atoms with E-state index in [2.05, 4.69) is 26.7 Å². The van der Waals surface area contributed by atoms with Crippen molar-refractivity contribution in [3.63, 3.8) is 0 Å². The van der Waals surface area contributed by atoms with Crippen LogP contribution in [-0.2, 0) is 23.0 Å². The second-order valence-electron chi connectivity index (χ2n) is 7.33. The van der Waals surface area contributed by atoms with Crippen LogP contribution in [0.5, 0.6) is 0 Å². The van der Waals surface area contributed by atoms with E-state index in [1.165, 1.54) is 22.5 Å². The van der Waals surface area contributed by atoms with Crippen LogP contribution in [0.3, 0.4) is 0 Å². The minimum absolute atomic E-state index is 0.164. The lowest BCUT2D eigenvalue weighted by Gasteiger charge is -2.22. The summed E-state index contributed by atoms with van der Waals surface area (Å²) in [6.07, 6.45) is 2.70. The molecule has 0 saturated carbocycles. The number of fused-ring (bicyclic) bond motifs is 1. The molecule has 0 aliphatic carbocycles. The third kappa shape index (κ3) is 3.28. The fraction of sp³-hybridized carbons (Fsp3) is 0.556. The topological polar surface area (TPSA) is 71.3 Å². The molecule has 2 aliphatic heterocycles. The van der Waals surface area contributed by atoms with Crippen LogP contribution in [0.4, 0.5) is 4.39 Å². The van der Waals surface area contributed by atoms with Crippen molar-refractivity contribution < 1.29 is 12.8 Å². The van der Waals surface area contributed by atoms with Crippen molar-refractivity contribution in [2.24, 2.45) is 0 Å². The fourth-order valence-corrected chi connectivity index (χ4v) is 5.73. The Kier molecular flexibility index (Phi) is 4.77. The first-order chi connectivity index (χ1) is 12.9. The molecule has 1 atom stereocenters. The van der Waals surface area contributed by atoms with E-state index in [-0.39, 0.29) is 10.9 Å². The van der Waals surface area contributed by atoms with Gasteiger partial charge < -0.3 is 4.57 Å². The molecular formula is C18H24FN5O2S. The minimum atomic E-state index is -3.68. The molecule has 0 radical (unpaired) electrons. The lowest BCUT2D eigenvalue weighted by atomic mass is 10.2. The van der Waals surface area contributed by atoms with Crippen LogP contribution in [-0.4, -0.2) is 59.1 Å². The van der Waals surface area contributed by atoms with Crippen molar-refractivity contribution in [2.75, 3.05) is 26.7 Å². The molecule has 1 aromatic heterocycles. The van der Waals surface area contributed by atoms with Gasteiger partial charge in [-0.1, -0.05) is 0 Å². The summed E-state index contributed by atoms with van der Waals surface area (Å²) in [4.78, 5) is 2.44. The zero-order valence-corrected chi connectivity index (χ0v) is 16.4. The molecule has 0 bridgehead atoms. The highest BCUT2D eigenvalue weighted by Gasteiger charge is 2.32. The third-order valence-electron chi connectivity index (χ3n) is 5.59. The predicted molar refractivity (Wildman–Crippen MR) is 98.2 cm³/mol. The average Bonchev–Trinajstić information content (AvgIpc) is 3.13. The molecule has 9 heteroatoms. The largest absolute Gasteiger partial charge is 0.312 e. The first-order valence-corrected chi connectivity index (χ1v) is 10.7. The normalized spacial score (nSPS) is 22.0. The van der Waals surface area contributed by atoms with Gasteiger partial charge in [-0.2, -0.15) is 4.31 Å². The Hall–Kier alpha value is -1.84. The molecule has 1 fully saturated rings. The molecule has 146 valence electrons.